The molecule has 0 radical (unpaired) electrons. The Bertz CT molecular complexity index is 1440. The van der Waals surface area contributed by atoms with Gasteiger partial charge in [0.15, 0.2) is 0 Å². The van der Waals surface area contributed by atoms with Gasteiger partial charge < -0.3 is 20.5 Å². The van der Waals surface area contributed by atoms with Gasteiger partial charge >= 0.3 is 11.9 Å². The number of ether oxygens (including phenoxy) is 2. The molecule has 3 aromatic rings. The number of dihydropyridines is 1. The molecule has 3 N–H and O–H groups in total. The Labute approximate surface area is 245 Å². The van der Waals surface area contributed by atoms with Gasteiger partial charge in [-0.25, -0.2) is 9.59 Å². The summed E-state index contributed by atoms with van der Waals surface area (Å²) in [4.78, 5) is 29.3. The van der Waals surface area contributed by atoms with E-state index in [1.807, 2.05) is 36.4 Å². The van der Waals surface area contributed by atoms with Gasteiger partial charge in [0.1, 0.15) is 11.9 Å². The zero-order chi connectivity index (χ0) is 29.1. The molecule has 1 saturated heterocycles. The number of benzene rings is 3. The Morgan fingerprint density at radius 2 is 1.44 bits per heavy atom. The van der Waals surface area contributed by atoms with Crippen molar-refractivity contribution in [3.05, 3.63) is 129 Å². The molecule has 0 amide bonds. The molecule has 0 aromatic heterocycles. The minimum absolute atomic E-state index is 0.0341. The molecule has 1 fully saturated rings. The molecular formula is C33H34ClN3O4. The Balaban J connectivity index is 1.39. The first kappa shape index (κ1) is 28.5. The van der Waals surface area contributed by atoms with Gasteiger partial charge in [0, 0.05) is 23.8 Å². The van der Waals surface area contributed by atoms with E-state index in [-0.39, 0.29) is 35.2 Å². The first-order valence-corrected chi connectivity index (χ1v) is 14.1. The van der Waals surface area contributed by atoms with E-state index in [0.29, 0.717) is 29.4 Å². The highest BCUT2D eigenvalue weighted by Gasteiger charge is 2.42. The molecule has 8 heteroatoms. The Morgan fingerprint density at radius 1 is 0.878 bits per heavy atom. The standard InChI is InChI=1S/C33H34ClN3O4/c1-20(2)40-32(38)27-21(3)36-31(35)29(28(27)25-16-10-11-17-26(25)34)33(39)41-24-18-37(19-24)30(22-12-6-4-7-13-22)23-14-8-5-9-15-23/h4-17,20,24,28,30,36H,18-19,35H2,1-3H3. The van der Waals surface area contributed by atoms with Crippen LogP contribution in [0.25, 0.3) is 0 Å². The second-order valence-electron chi connectivity index (χ2n) is 10.6. The molecule has 0 spiro atoms. The molecule has 2 heterocycles. The molecule has 2 aliphatic rings. The summed E-state index contributed by atoms with van der Waals surface area (Å²) in [5, 5.41) is 3.40. The second kappa shape index (κ2) is 12.2. The van der Waals surface area contributed by atoms with E-state index in [4.69, 9.17) is 26.8 Å². The molecule has 3 aromatic carbocycles. The van der Waals surface area contributed by atoms with Crippen LogP contribution in [0.15, 0.2) is 108 Å². The number of nitrogens with one attached hydrogen (secondary N) is 1. The minimum atomic E-state index is -0.846. The van der Waals surface area contributed by atoms with Crippen LogP contribution >= 0.6 is 11.6 Å². The average Bonchev–Trinajstić information content (AvgIpc) is 2.92. The van der Waals surface area contributed by atoms with Crippen LogP contribution < -0.4 is 11.1 Å². The summed E-state index contributed by atoms with van der Waals surface area (Å²) in [6.07, 6.45) is -0.695. The number of nitrogens with zero attached hydrogens (tertiary/aromatic N) is 1. The number of allylic oxidation sites excluding steroid dienone is 1. The van der Waals surface area contributed by atoms with E-state index in [0.717, 1.165) is 0 Å². The predicted octanol–water partition coefficient (Wildman–Crippen LogP) is 5.44. The lowest BCUT2D eigenvalue weighted by molar-refractivity contribution is -0.154. The van der Waals surface area contributed by atoms with Crippen molar-refractivity contribution in [1.29, 1.82) is 0 Å². The van der Waals surface area contributed by atoms with E-state index in [1.165, 1.54) is 11.1 Å². The van der Waals surface area contributed by atoms with Crippen molar-refractivity contribution in [2.75, 3.05) is 13.1 Å². The van der Waals surface area contributed by atoms with Crippen LogP contribution in [0, 0.1) is 0 Å². The number of carbonyl (C=O) groups excluding carboxylic acids is 2. The normalized spacial score (nSPS) is 17.9. The predicted molar refractivity (Wildman–Crippen MR) is 159 cm³/mol. The molecule has 1 unspecified atom stereocenters. The molecule has 7 nitrogen and oxygen atoms in total. The summed E-state index contributed by atoms with van der Waals surface area (Å²) in [5.74, 6) is -1.86. The smallest absolute Gasteiger partial charge is 0.339 e. The highest BCUT2D eigenvalue weighted by Crippen LogP contribution is 2.42. The number of likely N-dealkylation sites (tertiary alicyclic amines) is 1. The van der Waals surface area contributed by atoms with E-state index in [2.05, 4.69) is 34.5 Å². The summed E-state index contributed by atoms with van der Waals surface area (Å²) < 4.78 is 11.6. The van der Waals surface area contributed by atoms with Crippen molar-refractivity contribution >= 4 is 23.5 Å². The van der Waals surface area contributed by atoms with Crippen molar-refractivity contribution in [3.63, 3.8) is 0 Å². The summed E-state index contributed by atoms with van der Waals surface area (Å²) in [5.41, 5.74) is 10.2. The number of hydrogen-bond acceptors (Lipinski definition) is 7. The van der Waals surface area contributed by atoms with Gasteiger partial charge in [0.25, 0.3) is 0 Å². The van der Waals surface area contributed by atoms with Gasteiger partial charge in [-0.2, -0.15) is 0 Å². The molecule has 212 valence electrons. The maximum atomic E-state index is 13.8. The SMILES string of the molecule is CC1=C(C(=O)OC(C)C)C(c2ccccc2Cl)C(C(=O)OC2CN(C(c3ccccc3)c3ccccc3)C2)=C(N)N1. The number of hydrogen-bond donors (Lipinski definition) is 2. The summed E-state index contributed by atoms with van der Waals surface area (Å²) in [7, 11) is 0. The number of halogens is 1. The highest BCUT2D eigenvalue weighted by atomic mass is 35.5. The van der Waals surface area contributed by atoms with Crippen molar-refractivity contribution in [3.8, 4) is 0 Å². The Kier molecular flexibility index (Phi) is 8.47. The monoisotopic (exact) mass is 571 g/mol. The lowest BCUT2D eigenvalue weighted by atomic mass is 9.81. The van der Waals surface area contributed by atoms with E-state index < -0.39 is 17.9 Å². The quantitative estimate of drug-likeness (QED) is 0.348. The number of nitrogens with two attached hydrogens (primary N) is 1. The van der Waals surface area contributed by atoms with Crippen LogP contribution in [0.4, 0.5) is 0 Å². The minimum Gasteiger partial charge on any atom is -0.460 e. The van der Waals surface area contributed by atoms with Gasteiger partial charge in [-0.3, -0.25) is 4.90 Å². The van der Waals surface area contributed by atoms with Crippen molar-refractivity contribution in [2.24, 2.45) is 5.73 Å². The van der Waals surface area contributed by atoms with Crippen LogP contribution in [0.1, 0.15) is 49.4 Å². The van der Waals surface area contributed by atoms with Gasteiger partial charge in [-0.15, -0.1) is 0 Å². The van der Waals surface area contributed by atoms with Crippen molar-refractivity contribution in [1.82, 2.24) is 10.2 Å². The maximum absolute atomic E-state index is 13.8. The largest absolute Gasteiger partial charge is 0.460 e. The average molecular weight is 572 g/mol. The Morgan fingerprint density at radius 3 is 2.00 bits per heavy atom. The lowest BCUT2D eigenvalue weighted by Gasteiger charge is -2.44. The van der Waals surface area contributed by atoms with Crippen molar-refractivity contribution in [2.45, 2.75) is 44.9 Å². The third kappa shape index (κ3) is 6.01. The molecular weight excluding hydrogens is 538 g/mol. The molecule has 0 aliphatic carbocycles. The van der Waals surface area contributed by atoms with Gasteiger partial charge in [0.2, 0.25) is 0 Å². The third-order valence-corrected chi connectivity index (χ3v) is 7.68. The summed E-state index contributed by atoms with van der Waals surface area (Å²) in [6.45, 7) is 6.37. The molecule has 41 heavy (non-hydrogen) atoms. The van der Waals surface area contributed by atoms with E-state index >= 15 is 0 Å². The van der Waals surface area contributed by atoms with Gasteiger partial charge in [-0.1, -0.05) is 90.5 Å². The zero-order valence-electron chi connectivity index (χ0n) is 23.3. The van der Waals surface area contributed by atoms with Crippen LogP contribution in [0.5, 0.6) is 0 Å². The third-order valence-electron chi connectivity index (χ3n) is 7.34. The zero-order valence-corrected chi connectivity index (χ0v) is 24.1. The fourth-order valence-corrected chi connectivity index (χ4v) is 5.75. The molecule has 1 atom stereocenters. The van der Waals surface area contributed by atoms with Crippen molar-refractivity contribution < 1.29 is 19.1 Å². The lowest BCUT2D eigenvalue weighted by Crippen LogP contribution is -2.54. The number of carbonyl (C=O) groups is 2. The van der Waals surface area contributed by atoms with Gasteiger partial charge in [0.05, 0.1) is 29.2 Å². The molecule has 5 rings (SSSR count). The molecule has 0 bridgehead atoms. The number of esters is 2. The Hall–Kier alpha value is -4.07. The van der Waals surface area contributed by atoms with E-state index in [1.54, 1.807) is 45.0 Å². The highest BCUT2D eigenvalue weighted by molar-refractivity contribution is 6.31. The second-order valence-corrected chi connectivity index (χ2v) is 11.0. The maximum Gasteiger partial charge on any atom is 0.339 e. The summed E-state index contributed by atoms with van der Waals surface area (Å²) in [6, 6.07) is 27.7. The number of rotatable bonds is 8. The van der Waals surface area contributed by atoms with Crippen LogP contribution in [-0.2, 0) is 19.1 Å². The topological polar surface area (TPSA) is 93.9 Å². The molecule has 2 aliphatic heterocycles. The van der Waals surface area contributed by atoms with E-state index in [9.17, 15) is 9.59 Å². The first-order chi connectivity index (χ1) is 19.7. The fraction of sp³-hybridized carbons (Fsp3) is 0.273. The van der Waals surface area contributed by atoms with Gasteiger partial charge in [-0.05, 0) is 43.5 Å². The first-order valence-electron chi connectivity index (χ1n) is 13.7. The fourth-order valence-electron chi connectivity index (χ4n) is 5.50. The molecule has 0 saturated carbocycles. The van der Waals surface area contributed by atoms with Crippen LogP contribution in [-0.4, -0.2) is 42.1 Å². The van der Waals surface area contributed by atoms with Crippen LogP contribution in [0.2, 0.25) is 5.02 Å². The summed E-state index contributed by atoms with van der Waals surface area (Å²) >= 11 is 6.60. The van der Waals surface area contributed by atoms with Crippen LogP contribution in [0.3, 0.4) is 0 Å².